The molecule has 0 spiro atoms. The number of carbonyl (C=O) groups is 2. The minimum Gasteiger partial charge on any atom is -0.492 e. The van der Waals surface area contributed by atoms with Gasteiger partial charge in [0.25, 0.3) is 0 Å². The van der Waals surface area contributed by atoms with Crippen LogP contribution in [0.3, 0.4) is 0 Å². The van der Waals surface area contributed by atoms with E-state index in [9.17, 15) is 9.59 Å². The van der Waals surface area contributed by atoms with Gasteiger partial charge in [-0.1, -0.05) is 12.1 Å². The third kappa shape index (κ3) is 6.26. The van der Waals surface area contributed by atoms with Crippen LogP contribution in [0.15, 0.2) is 30.3 Å². The van der Waals surface area contributed by atoms with E-state index in [1.165, 1.54) is 20.1 Å². The average Bonchev–Trinajstić information content (AvgIpc) is 2.42. The summed E-state index contributed by atoms with van der Waals surface area (Å²) in [4.78, 5) is 21.6. The molecule has 1 rings (SSSR count). The maximum atomic E-state index is 10.9. The monoisotopic (exact) mass is 263 g/mol. The number of hydrogen-bond acceptors (Lipinski definition) is 4. The van der Waals surface area contributed by atoms with Crippen molar-refractivity contribution in [3.05, 3.63) is 35.9 Å². The van der Waals surface area contributed by atoms with E-state index in [1.807, 2.05) is 12.1 Å². The van der Waals surface area contributed by atoms with Crippen molar-refractivity contribution in [2.45, 2.75) is 6.92 Å². The molecule has 0 radical (unpaired) electrons. The fourth-order valence-electron chi connectivity index (χ4n) is 1.30. The molecule has 0 saturated heterocycles. The van der Waals surface area contributed by atoms with Crippen LogP contribution in [0.4, 0.5) is 0 Å². The smallest absolute Gasteiger partial charge is 0.330 e. The number of esters is 1. The Morgan fingerprint density at radius 2 is 1.95 bits per heavy atom. The third-order valence-corrected chi connectivity index (χ3v) is 2.24. The second kappa shape index (κ2) is 7.92. The number of nitrogens with one attached hydrogen (secondary N) is 1. The second-order valence-electron chi connectivity index (χ2n) is 3.76. The van der Waals surface area contributed by atoms with Gasteiger partial charge < -0.3 is 14.8 Å². The van der Waals surface area contributed by atoms with Crippen LogP contribution in [-0.2, 0) is 14.3 Å². The summed E-state index contributed by atoms with van der Waals surface area (Å²) in [5, 5.41) is 2.64. The van der Waals surface area contributed by atoms with E-state index in [4.69, 9.17) is 4.74 Å². The van der Waals surface area contributed by atoms with Crippen LogP contribution in [0.5, 0.6) is 5.75 Å². The molecule has 0 bridgehead atoms. The Bertz CT molecular complexity index is 451. The highest BCUT2D eigenvalue weighted by molar-refractivity contribution is 5.86. The summed E-state index contributed by atoms with van der Waals surface area (Å²) in [5.41, 5.74) is 0.875. The van der Waals surface area contributed by atoms with E-state index in [0.717, 1.165) is 5.56 Å². The number of carbonyl (C=O) groups excluding carboxylic acids is 2. The molecule has 0 saturated carbocycles. The Morgan fingerprint density at radius 3 is 2.53 bits per heavy atom. The van der Waals surface area contributed by atoms with E-state index >= 15 is 0 Å². The Morgan fingerprint density at radius 1 is 1.26 bits per heavy atom. The minimum absolute atomic E-state index is 0.0769. The molecule has 1 aromatic carbocycles. The van der Waals surface area contributed by atoms with E-state index in [-0.39, 0.29) is 5.91 Å². The molecule has 1 amide bonds. The van der Waals surface area contributed by atoms with Crippen molar-refractivity contribution in [3.63, 3.8) is 0 Å². The van der Waals surface area contributed by atoms with Crippen LogP contribution in [0.1, 0.15) is 12.5 Å². The lowest BCUT2D eigenvalue weighted by atomic mass is 10.2. The largest absolute Gasteiger partial charge is 0.492 e. The van der Waals surface area contributed by atoms with Gasteiger partial charge in [-0.25, -0.2) is 4.79 Å². The highest BCUT2D eigenvalue weighted by Gasteiger charge is 1.96. The first kappa shape index (κ1) is 14.8. The Labute approximate surface area is 112 Å². The van der Waals surface area contributed by atoms with Gasteiger partial charge in [0.2, 0.25) is 5.91 Å². The lowest BCUT2D eigenvalue weighted by molar-refractivity contribution is -0.134. The van der Waals surface area contributed by atoms with E-state index in [2.05, 4.69) is 10.1 Å². The summed E-state index contributed by atoms with van der Waals surface area (Å²) in [6.45, 7) is 2.35. The molecule has 0 unspecified atom stereocenters. The highest BCUT2D eigenvalue weighted by atomic mass is 16.5. The van der Waals surface area contributed by atoms with Gasteiger partial charge in [-0.2, -0.15) is 0 Å². The number of rotatable bonds is 6. The lowest BCUT2D eigenvalue weighted by Gasteiger charge is -2.06. The van der Waals surface area contributed by atoms with E-state index < -0.39 is 5.97 Å². The summed E-state index contributed by atoms with van der Waals surface area (Å²) in [5.74, 6) is 0.239. The standard InChI is InChI=1S/C14H17NO4/c1-11(16)15-9-10-19-13-6-3-12(4-7-13)5-8-14(17)18-2/h3-8H,9-10H2,1-2H3,(H,15,16). The van der Waals surface area contributed by atoms with E-state index in [0.29, 0.717) is 18.9 Å². The summed E-state index contributed by atoms with van der Waals surface area (Å²) in [6.07, 6.45) is 3.01. The Hall–Kier alpha value is -2.30. The molecule has 0 fully saturated rings. The number of hydrogen-bond donors (Lipinski definition) is 1. The zero-order valence-corrected chi connectivity index (χ0v) is 11.0. The van der Waals surface area contributed by atoms with Crippen LogP contribution in [0, 0.1) is 0 Å². The number of benzene rings is 1. The molecule has 0 aliphatic carbocycles. The third-order valence-electron chi connectivity index (χ3n) is 2.24. The quantitative estimate of drug-likeness (QED) is 0.478. The molecular formula is C14H17NO4. The van der Waals surface area contributed by atoms with Crippen molar-refractivity contribution >= 4 is 18.0 Å². The molecule has 5 nitrogen and oxygen atoms in total. The normalized spacial score (nSPS) is 10.2. The minimum atomic E-state index is -0.393. The molecule has 0 aliphatic rings. The first-order valence-electron chi connectivity index (χ1n) is 5.85. The van der Waals surface area contributed by atoms with Gasteiger partial charge in [0.1, 0.15) is 12.4 Å². The van der Waals surface area contributed by atoms with Gasteiger partial charge in [0.05, 0.1) is 13.7 Å². The van der Waals surface area contributed by atoms with Crippen molar-refractivity contribution in [3.8, 4) is 5.75 Å². The molecule has 1 aromatic rings. The number of ether oxygens (including phenoxy) is 2. The van der Waals surface area contributed by atoms with Gasteiger partial charge in [0.15, 0.2) is 0 Å². The summed E-state index contributed by atoms with van der Waals surface area (Å²) < 4.78 is 9.92. The fraction of sp³-hybridized carbons (Fsp3) is 0.286. The summed E-state index contributed by atoms with van der Waals surface area (Å²) >= 11 is 0. The Balaban J connectivity index is 2.41. The first-order valence-corrected chi connectivity index (χ1v) is 5.85. The predicted octanol–water partition coefficient (Wildman–Crippen LogP) is 1.39. The van der Waals surface area contributed by atoms with Gasteiger partial charge in [0, 0.05) is 13.0 Å². The molecule has 0 atom stereocenters. The average molecular weight is 263 g/mol. The zero-order chi connectivity index (χ0) is 14.1. The molecular weight excluding hydrogens is 246 g/mol. The topological polar surface area (TPSA) is 64.6 Å². The molecule has 1 N–H and O–H groups in total. The molecule has 5 heteroatoms. The molecule has 0 heterocycles. The van der Waals surface area contributed by atoms with Crippen LogP contribution < -0.4 is 10.1 Å². The Kier molecular flexibility index (Phi) is 6.15. The molecule has 19 heavy (non-hydrogen) atoms. The van der Waals surface area contributed by atoms with Crippen molar-refractivity contribution in [1.29, 1.82) is 0 Å². The van der Waals surface area contributed by atoms with Gasteiger partial charge in [-0.3, -0.25) is 4.79 Å². The number of amides is 1. The van der Waals surface area contributed by atoms with Crippen molar-refractivity contribution < 1.29 is 19.1 Å². The SMILES string of the molecule is COC(=O)C=Cc1ccc(OCCNC(C)=O)cc1. The fourth-order valence-corrected chi connectivity index (χ4v) is 1.30. The van der Waals surface area contributed by atoms with Crippen molar-refractivity contribution in [2.24, 2.45) is 0 Å². The summed E-state index contributed by atoms with van der Waals surface area (Å²) in [6, 6.07) is 7.25. The van der Waals surface area contributed by atoms with Crippen LogP contribution in [0.25, 0.3) is 6.08 Å². The van der Waals surface area contributed by atoms with Gasteiger partial charge in [-0.05, 0) is 23.8 Å². The maximum Gasteiger partial charge on any atom is 0.330 e. The molecule has 0 aromatic heterocycles. The number of methoxy groups -OCH3 is 1. The highest BCUT2D eigenvalue weighted by Crippen LogP contribution is 2.13. The van der Waals surface area contributed by atoms with Gasteiger partial charge >= 0.3 is 5.97 Å². The van der Waals surface area contributed by atoms with Crippen molar-refractivity contribution in [2.75, 3.05) is 20.3 Å². The van der Waals surface area contributed by atoms with E-state index in [1.54, 1.807) is 18.2 Å². The van der Waals surface area contributed by atoms with Gasteiger partial charge in [-0.15, -0.1) is 0 Å². The summed E-state index contributed by atoms with van der Waals surface area (Å²) in [7, 11) is 1.33. The second-order valence-corrected chi connectivity index (χ2v) is 3.76. The lowest BCUT2D eigenvalue weighted by Crippen LogP contribution is -2.25. The molecule has 102 valence electrons. The van der Waals surface area contributed by atoms with Crippen LogP contribution >= 0.6 is 0 Å². The first-order chi connectivity index (χ1) is 9.11. The predicted molar refractivity (Wildman–Crippen MR) is 71.7 cm³/mol. The van der Waals surface area contributed by atoms with Crippen LogP contribution in [0.2, 0.25) is 0 Å². The zero-order valence-electron chi connectivity index (χ0n) is 11.0. The van der Waals surface area contributed by atoms with Crippen LogP contribution in [-0.4, -0.2) is 32.1 Å². The maximum absolute atomic E-state index is 10.9. The molecule has 0 aliphatic heterocycles. The van der Waals surface area contributed by atoms with Crippen molar-refractivity contribution in [1.82, 2.24) is 5.32 Å².